The van der Waals surface area contributed by atoms with E-state index in [9.17, 15) is 14.5 Å². The van der Waals surface area contributed by atoms with Crippen LogP contribution in [0.15, 0.2) is 26.5 Å². The molecular weight excluding hydrogens is 274 g/mol. The van der Waals surface area contributed by atoms with E-state index in [0.717, 1.165) is 0 Å². The van der Waals surface area contributed by atoms with Crippen LogP contribution in [-0.4, -0.2) is 11.9 Å². The summed E-state index contributed by atoms with van der Waals surface area (Å²) in [5.74, 6) is 0.0832. The summed E-state index contributed by atoms with van der Waals surface area (Å²) in [5, 5.41) is 3.41. The lowest BCUT2D eigenvalue weighted by atomic mass is 9.95. The first-order valence-electron chi connectivity index (χ1n) is 6.72. The second-order valence-corrected chi connectivity index (χ2v) is 5.06. The fourth-order valence-electron chi connectivity index (χ4n) is 2.71. The monoisotopic (exact) mass is 287 g/mol. The Morgan fingerprint density at radius 1 is 1.33 bits per heavy atom. The maximum Gasteiger partial charge on any atom is 0.336 e. The Kier molecular flexibility index (Phi) is 3.08. The zero-order chi connectivity index (χ0) is 15.1. The van der Waals surface area contributed by atoms with Crippen molar-refractivity contribution in [3.8, 4) is 5.75 Å². The van der Waals surface area contributed by atoms with Gasteiger partial charge >= 0.3 is 5.63 Å². The Bertz CT molecular complexity index is 821. The van der Waals surface area contributed by atoms with Gasteiger partial charge in [-0.1, -0.05) is 6.92 Å². The number of carbonyl (C=O) groups is 1. The second kappa shape index (κ2) is 4.80. The van der Waals surface area contributed by atoms with Crippen LogP contribution in [0.25, 0.3) is 11.0 Å². The number of benzene rings is 1. The highest BCUT2D eigenvalue weighted by atomic mass is 16.5. The van der Waals surface area contributed by atoms with Crippen molar-refractivity contribution in [1.82, 2.24) is 0 Å². The SMILES string of the molecule is CCc1cc(=O)oc2c3c(cc(N=O)c12)OC(C)CC3=O. The first-order chi connectivity index (χ1) is 10.0. The van der Waals surface area contributed by atoms with Crippen molar-refractivity contribution in [2.75, 3.05) is 0 Å². The molecule has 0 spiro atoms. The molecule has 1 aliphatic rings. The molecule has 0 fully saturated rings. The maximum absolute atomic E-state index is 12.3. The van der Waals surface area contributed by atoms with Crippen LogP contribution in [0.4, 0.5) is 5.69 Å². The first-order valence-corrected chi connectivity index (χ1v) is 6.72. The van der Waals surface area contributed by atoms with Crippen molar-refractivity contribution in [2.45, 2.75) is 32.8 Å². The summed E-state index contributed by atoms with van der Waals surface area (Å²) in [5.41, 5.74) is 0.513. The number of nitroso groups, excluding NO2 is 1. The zero-order valence-electron chi connectivity index (χ0n) is 11.6. The van der Waals surface area contributed by atoms with Gasteiger partial charge in [0.1, 0.15) is 23.1 Å². The summed E-state index contributed by atoms with van der Waals surface area (Å²) in [6.45, 7) is 3.61. The number of rotatable bonds is 2. The third-order valence-electron chi connectivity index (χ3n) is 3.60. The summed E-state index contributed by atoms with van der Waals surface area (Å²) in [4.78, 5) is 35.1. The Hall–Kier alpha value is -2.50. The van der Waals surface area contributed by atoms with Crippen LogP contribution in [-0.2, 0) is 6.42 Å². The van der Waals surface area contributed by atoms with Crippen LogP contribution in [0.1, 0.15) is 36.2 Å². The molecule has 6 heteroatoms. The molecule has 1 aromatic heterocycles. The lowest BCUT2D eigenvalue weighted by Gasteiger charge is -2.23. The molecule has 0 amide bonds. The number of ether oxygens (including phenoxy) is 1. The van der Waals surface area contributed by atoms with Crippen molar-refractivity contribution in [2.24, 2.45) is 5.18 Å². The number of hydrogen-bond donors (Lipinski definition) is 0. The summed E-state index contributed by atoms with van der Waals surface area (Å²) >= 11 is 0. The molecule has 1 atom stereocenters. The van der Waals surface area contributed by atoms with E-state index in [1.807, 2.05) is 6.92 Å². The molecule has 0 bridgehead atoms. The fraction of sp³-hybridized carbons (Fsp3) is 0.333. The van der Waals surface area contributed by atoms with Crippen LogP contribution >= 0.6 is 0 Å². The lowest BCUT2D eigenvalue weighted by Crippen LogP contribution is -2.24. The number of carbonyl (C=O) groups excluding carboxylic acids is 1. The van der Waals surface area contributed by atoms with Gasteiger partial charge in [0.2, 0.25) is 0 Å². The molecule has 2 aromatic rings. The minimum atomic E-state index is -0.559. The molecule has 108 valence electrons. The van der Waals surface area contributed by atoms with Crippen LogP contribution < -0.4 is 10.4 Å². The van der Waals surface area contributed by atoms with Gasteiger partial charge in [0, 0.05) is 18.6 Å². The minimum absolute atomic E-state index is 0.100. The van der Waals surface area contributed by atoms with Gasteiger partial charge < -0.3 is 9.15 Å². The van der Waals surface area contributed by atoms with Gasteiger partial charge in [-0.2, -0.15) is 0 Å². The van der Waals surface area contributed by atoms with E-state index >= 15 is 0 Å². The van der Waals surface area contributed by atoms with E-state index in [0.29, 0.717) is 17.4 Å². The van der Waals surface area contributed by atoms with Crippen molar-refractivity contribution < 1.29 is 13.9 Å². The quantitative estimate of drug-likeness (QED) is 0.625. The van der Waals surface area contributed by atoms with Crippen molar-refractivity contribution in [3.63, 3.8) is 0 Å². The molecule has 2 heterocycles. The van der Waals surface area contributed by atoms with Crippen LogP contribution in [0.2, 0.25) is 0 Å². The average Bonchev–Trinajstić information content (AvgIpc) is 2.44. The number of ketones is 1. The minimum Gasteiger partial charge on any atom is -0.489 e. The van der Waals surface area contributed by atoms with Gasteiger partial charge in [0.25, 0.3) is 0 Å². The highest BCUT2D eigenvalue weighted by molar-refractivity contribution is 6.12. The van der Waals surface area contributed by atoms with Crippen molar-refractivity contribution >= 4 is 22.4 Å². The number of nitrogens with zero attached hydrogens (tertiary/aromatic N) is 1. The molecule has 1 aromatic carbocycles. The standard InChI is InChI=1S/C15H13NO5/c1-3-8-5-12(18)21-15-13(8)9(16-19)6-11-14(15)10(17)4-7(2)20-11/h5-7H,3-4H2,1-2H3. The van der Waals surface area contributed by atoms with Gasteiger partial charge in [-0.05, 0) is 24.1 Å². The van der Waals surface area contributed by atoms with Crippen molar-refractivity contribution in [1.29, 1.82) is 0 Å². The second-order valence-electron chi connectivity index (χ2n) is 5.06. The summed E-state index contributed by atoms with van der Waals surface area (Å²) < 4.78 is 10.8. The van der Waals surface area contributed by atoms with Crippen molar-refractivity contribution in [3.05, 3.63) is 38.6 Å². The molecule has 21 heavy (non-hydrogen) atoms. The van der Waals surface area contributed by atoms with Gasteiger partial charge in [0.15, 0.2) is 11.4 Å². The van der Waals surface area contributed by atoms with E-state index in [-0.39, 0.29) is 40.9 Å². The number of fused-ring (bicyclic) bond motifs is 3. The van der Waals surface area contributed by atoms with Gasteiger partial charge in [-0.15, -0.1) is 4.91 Å². The molecule has 0 N–H and O–H groups in total. The Balaban J connectivity index is 2.50. The molecule has 0 aliphatic carbocycles. The summed E-state index contributed by atoms with van der Waals surface area (Å²) in [6.07, 6.45) is 0.438. The van der Waals surface area contributed by atoms with Crippen LogP contribution in [0.5, 0.6) is 5.75 Å². The normalized spacial score (nSPS) is 17.4. The third-order valence-corrected chi connectivity index (χ3v) is 3.60. The highest BCUT2D eigenvalue weighted by Crippen LogP contribution is 2.40. The predicted molar refractivity (Wildman–Crippen MR) is 76.4 cm³/mol. The molecule has 0 saturated heterocycles. The van der Waals surface area contributed by atoms with Gasteiger partial charge in [0.05, 0.1) is 5.39 Å². The van der Waals surface area contributed by atoms with E-state index < -0.39 is 5.63 Å². The molecular formula is C15H13NO5. The van der Waals surface area contributed by atoms with Crippen LogP contribution in [0, 0.1) is 4.91 Å². The zero-order valence-corrected chi connectivity index (χ0v) is 11.6. The molecule has 6 nitrogen and oxygen atoms in total. The Labute approximate surface area is 119 Å². The largest absolute Gasteiger partial charge is 0.489 e. The average molecular weight is 287 g/mol. The summed E-state index contributed by atoms with van der Waals surface area (Å²) in [7, 11) is 0. The Morgan fingerprint density at radius 3 is 2.76 bits per heavy atom. The van der Waals surface area contributed by atoms with E-state index in [4.69, 9.17) is 9.15 Å². The van der Waals surface area contributed by atoms with Gasteiger partial charge in [-0.25, -0.2) is 4.79 Å². The van der Waals surface area contributed by atoms with Gasteiger partial charge in [-0.3, -0.25) is 4.79 Å². The van der Waals surface area contributed by atoms with Crippen LogP contribution in [0.3, 0.4) is 0 Å². The summed E-state index contributed by atoms with van der Waals surface area (Å²) in [6, 6.07) is 2.76. The molecule has 3 rings (SSSR count). The first kappa shape index (κ1) is 13.5. The molecule has 1 unspecified atom stereocenters. The molecule has 1 aliphatic heterocycles. The predicted octanol–water partition coefficient (Wildman–Crippen LogP) is 3.11. The molecule has 0 saturated carbocycles. The topological polar surface area (TPSA) is 85.9 Å². The smallest absolute Gasteiger partial charge is 0.336 e. The number of Topliss-reactive ketones (excluding diaryl/α,β-unsaturated/α-hetero) is 1. The third kappa shape index (κ3) is 2.03. The molecule has 0 radical (unpaired) electrons. The number of hydrogen-bond acceptors (Lipinski definition) is 6. The highest BCUT2D eigenvalue weighted by Gasteiger charge is 2.29. The number of aryl methyl sites for hydroxylation is 1. The van der Waals surface area contributed by atoms with E-state index in [1.54, 1.807) is 6.92 Å². The van der Waals surface area contributed by atoms with E-state index in [1.165, 1.54) is 12.1 Å². The van der Waals surface area contributed by atoms with E-state index in [2.05, 4.69) is 5.18 Å². The fourth-order valence-corrected chi connectivity index (χ4v) is 2.71. The lowest BCUT2D eigenvalue weighted by molar-refractivity contribution is 0.0872. The Morgan fingerprint density at radius 2 is 2.10 bits per heavy atom. The maximum atomic E-state index is 12.3.